The van der Waals surface area contributed by atoms with Gasteiger partial charge in [0, 0.05) is 38.4 Å². The Morgan fingerprint density at radius 1 is 1.29 bits per heavy atom. The fourth-order valence-electron chi connectivity index (χ4n) is 3.45. The van der Waals surface area contributed by atoms with Crippen LogP contribution in [0.25, 0.3) is 0 Å². The Kier molecular flexibility index (Phi) is 6.43. The first-order valence-corrected chi connectivity index (χ1v) is 8.95. The van der Waals surface area contributed by atoms with Crippen molar-refractivity contribution in [2.45, 2.75) is 31.7 Å². The SMILES string of the molecule is O=C(COc1cccnc1)N1CCCC[C@@H]1CCN1CCOCC1. The van der Waals surface area contributed by atoms with Crippen molar-refractivity contribution in [3.8, 4) is 5.75 Å². The predicted octanol–water partition coefficient (Wildman–Crippen LogP) is 1.56. The highest BCUT2D eigenvalue weighted by atomic mass is 16.5. The molecule has 0 unspecified atom stereocenters. The zero-order valence-corrected chi connectivity index (χ0v) is 14.2. The number of piperidine rings is 1. The number of carbonyl (C=O) groups excluding carboxylic acids is 1. The normalized spacial score (nSPS) is 22.3. The van der Waals surface area contributed by atoms with Crippen LogP contribution in [0.3, 0.4) is 0 Å². The predicted molar refractivity (Wildman–Crippen MR) is 91.0 cm³/mol. The molecule has 6 heteroatoms. The number of morpholine rings is 1. The van der Waals surface area contributed by atoms with E-state index in [1.807, 2.05) is 17.0 Å². The van der Waals surface area contributed by atoms with Gasteiger partial charge in [-0.2, -0.15) is 0 Å². The summed E-state index contributed by atoms with van der Waals surface area (Å²) < 4.78 is 11.0. The molecule has 2 aliphatic heterocycles. The van der Waals surface area contributed by atoms with Crippen LogP contribution in [0.2, 0.25) is 0 Å². The summed E-state index contributed by atoms with van der Waals surface area (Å²) in [6.07, 6.45) is 7.77. The van der Waals surface area contributed by atoms with E-state index in [1.165, 1.54) is 6.42 Å². The molecule has 2 fully saturated rings. The first-order valence-electron chi connectivity index (χ1n) is 8.95. The number of likely N-dealkylation sites (tertiary alicyclic amines) is 1. The molecule has 0 saturated carbocycles. The van der Waals surface area contributed by atoms with Crippen molar-refractivity contribution in [2.24, 2.45) is 0 Å². The van der Waals surface area contributed by atoms with Gasteiger partial charge in [0.15, 0.2) is 6.61 Å². The monoisotopic (exact) mass is 333 g/mol. The largest absolute Gasteiger partial charge is 0.482 e. The van der Waals surface area contributed by atoms with Crippen LogP contribution in [-0.2, 0) is 9.53 Å². The van der Waals surface area contributed by atoms with Crippen molar-refractivity contribution in [2.75, 3.05) is 46.0 Å². The van der Waals surface area contributed by atoms with Crippen molar-refractivity contribution in [1.29, 1.82) is 0 Å². The number of carbonyl (C=O) groups is 1. The molecule has 24 heavy (non-hydrogen) atoms. The van der Waals surface area contributed by atoms with E-state index in [-0.39, 0.29) is 12.5 Å². The van der Waals surface area contributed by atoms with Gasteiger partial charge in [0.2, 0.25) is 0 Å². The van der Waals surface area contributed by atoms with Crippen LogP contribution < -0.4 is 4.74 Å². The third-order valence-electron chi connectivity index (χ3n) is 4.83. The Labute approximate surface area is 143 Å². The number of rotatable bonds is 6. The minimum Gasteiger partial charge on any atom is -0.482 e. The Morgan fingerprint density at radius 3 is 2.96 bits per heavy atom. The lowest BCUT2D eigenvalue weighted by atomic mass is 9.99. The number of nitrogens with zero attached hydrogens (tertiary/aromatic N) is 3. The van der Waals surface area contributed by atoms with Gasteiger partial charge >= 0.3 is 0 Å². The third-order valence-corrected chi connectivity index (χ3v) is 4.83. The molecule has 1 aromatic heterocycles. The number of pyridine rings is 1. The van der Waals surface area contributed by atoms with Crippen molar-refractivity contribution in [1.82, 2.24) is 14.8 Å². The van der Waals surface area contributed by atoms with Gasteiger partial charge in [-0.15, -0.1) is 0 Å². The molecule has 3 rings (SSSR count). The molecule has 3 heterocycles. The number of hydrogen-bond acceptors (Lipinski definition) is 5. The van der Waals surface area contributed by atoms with E-state index in [1.54, 1.807) is 12.4 Å². The first-order chi connectivity index (χ1) is 11.8. The van der Waals surface area contributed by atoms with Crippen LogP contribution in [0, 0.1) is 0 Å². The molecular formula is C18H27N3O3. The van der Waals surface area contributed by atoms with Crippen molar-refractivity contribution in [3.05, 3.63) is 24.5 Å². The standard InChI is InChI=1S/C18H27N3O3/c22-18(15-24-17-5-3-7-19-14-17)21-8-2-1-4-16(21)6-9-20-10-12-23-13-11-20/h3,5,7,14,16H,1-2,4,6,8-13,15H2/t16-/m1/s1. The van der Waals surface area contributed by atoms with Gasteiger partial charge in [-0.05, 0) is 37.8 Å². The van der Waals surface area contributed by atoms with Crippen molar-refractivity contribution in [3.63, 3.8) is 0 Å². The van der Waals surface area contributed by atoms with Crippen molar-refractivity contribution < 1.29 is 14.3 Å². The number of ether oxygens (including phenoxy) is 2. The molecule has 1 atom stereocenters. The second-order valence-electron chi connectivity index (χ2n) is 6.46. The van der Waals surface area contributed by atoms with Crippen molar-refractivity contribution >= 4 is 5.91 Å². The van der Waals surface area contributed by atoms with E-state index in [2.05, 4.69) is 9.88 Å². The fourth-order valence-corrected chi connectivity index (χ4v) is 3.45. The summed E-state index contributed by atoms with van der Waals surface area (Å²) in [5.74, 6) is 0.734. The molecule has 1 amide bonds. The zero-order chi connectivity index (χ0) is 16.6. The average molecular weight is 333 g/mol. The van der Waals surface area contributed by atoms with Crippen LogP contribution in [0.4, 0.5) is 0 Å². The van der Waals surface area contributed by atoms with Gasteiger partial charge in [0.1, 0.15) is 5.75 Å². The number of amides is 1. The van der Waals surface area contributed by atoms with E-state index >= 15 is 0 Å². The number of aromatic nitrogens is 1. The Balaban J connectivity index is 1.48. The minimum atomic E-state index is 0.0885. The van der Waals surface area contributed by atoms with E-state index in [0.717, 1.165) is 58.7 Å². The first kappa shape index (κ1) is 17.2. The highest BCUT2D eigenvalue weighted by Gasteiger charge is 2.27. The molecule has 132 valence electrons. The van der Waals surface area contributed by atoms with Gasteiger partial charge in [-0.3, -0.25) is 14.7 Å². The molecule has 2 saturated heterocycles. The molecule has 0 aromatic carbocycles. The van der Waals surface area contributed by atoms with Crippen LogP contribution in [-0.4, -0.2) is 72.7 Å². The Morgan fingerprint density at radius 2 is 2.17 bits per heavy atom. The van der Waals surface area contributed by atoms with Gasteiger partial charge in [-0.1, -0.05) is 0 Å². The molecule has 0 N–H and O–H groups in total. The van der Waals surface area contributed by atoms with Gasteiger partial charge in [-0.25, -0.2) is 0 Å². The highest BCUT2D eigenvalue weighted by Crippen LogP contribution is 2.21. The van der Waals surface area contributed by atoms with Crippen LogP contribution in [0.15, 0.2) is 24.5 Å². The summed E-state index contributed by atoms with van der Waals surface area (Å²) in [6.45, 7) is 5.65. The smallest absolute Gasteiger partial charge is 0.260 e. The van der Waals surface area contributed by atoms with Gasteiger partial charge in [0.25, 0.3) is 5.91 Å². The summed E-state index contributed by atoms with van der Waals surface area (Å²) in [5, 5.41) is 0. The summed E-state index contributed by atoms with van der Waals surface area (Å²) in [4.78, 5) is 21.1. The highest BCUT2D eigenvalue weighted by molar-refractivity contribution is 5.78. The van der Waals surface area contributed by atoms with Crippen LogP contribution >= 0.6 is 0 Å². The Hall–Kier alpha value is -1.66. The van der Waals surface area contributed by atoms with Crippen LogP contribution in [0.1, 0.15) is 25.7 Å². The molecule has 6 nitrogen and oxygen atoms in total. The Bertz CT molecular complexity index is 505. The maximum Gasteiger partial charge on any atom is 0.260 e. The minimum absolute atomic E-state index is 0.0885. The number of hydrogen-bond donors (Lipinski definition) is 0. The summed E-state index contributed by atoms with van der Waals surface area (Å²) >= 11 is 0. The molecule has 1 aromatic rings. The van der Waals surface area contributed by atoms with E-state index in [9.17, 15) is 4.79 Å². The molecule has 0 bridgehead atoms. The summed E-state index contributed by atoms with van der Waals surface area (Å²) in [6, 6.07) is 3.98. The van der Waals surface area contributed by atoms with Crippen LogP contribution in [0.5, 0.6) is 5.75 Å². The van der Waals surface area contributed by atoms with E-state index in [0.29, 0.717) is 11.8 Å². The lowest BCUT2D eigenvalue weighted by molar-refractivity contribution is -0.137. The lowest BCUT2D eigenvalue weighted by Gasteiger charge is -2.37. The van der Waals surface area contributed by atoms with Gasteiger partial charge in [0.05, 0.1) is 19.4 Å². The second kappa shape index (κ2) is 8.99. The van der Waals surface area contributed by atoms with E-state index < -0.39 is 0 Å². The second-order valence-corrected chi connectivity index (χ2v) is 6.46. The van der Waals surface area contributed by atoms with Gasteiger partial charge < -0.3 is 14.4 Å². The quantitative estimate of drug-likeness (QED) is 0.791. The molecule has 2 aliphatic rings. The lowest BCUT2D eigenvalue weighted by Crippen LogP contribution is -2.47. The third kappa shape index (κ3) is 4.92. The summed E-state index contributed by atoms with van der Waals surface area (Å²) in [5.41, 5.74) is 0. The maximum atomic E-state index is 12.6. The van der Waals surface area contributed by atoms with E-state index in [4.69, 9.17) is 9.47 Å². The zero-order valence-electron chi connectivity index (χ0n) is 14.2. The fraction of sp³-hybridized carbons (Fsp3) is 0.667. The summed E-state index contributed by atoms with van der Waals surface area (Å²) in [7, 11) is 0. The molecule has 0 radical (unpaired) electrons. The topological polar surface area (TPSA) is 54.9 Å². The maximum absolute atomic E-state index is 12.6. The molecule has 0 spiro atoms. The molecule has 0 aliphatic carbocycles. The average Bonchev–Trinajstić information content (AvgIpc) is 2.66. The molecular weight excluding hydrogens is 306 g/mol.